The largest absolute Gasteiger partial charge is 0.345 e. The number of aromatic nitrogens is 1. The fourth-order valence-electron chi connectivity index (χ4n) is 3.01. The second kappa shape index (κ2) is 5.54. The third kappa shape index (κ3) is 2.45. The number of halogens is 1. The number of hydrogen-bond acceptors (Lipinski definition) is 2. The summed E-state index contributed by atoms with van der Waals surface area (Å²) in [6.45, 7) is 9.21. The molecule has 2 heterocycles. The van der Waals surface area contributed by atoms with Crippen LogP contribution in [0.15, 0.2) is 24.4 Å². The molecule has 1 fully saturated rings. The van der Waals surface area contributed by atoms with Crippen molar-refractivity contribution < 1.29 is 4.39 Å². The first-order chi connectivity index (χ1) is 9.66. The Kier molecular flexibility index (Phi) is 3.76. The molecule has 2 aromatic rings. The highest BCUT2D eigenvalue weighted by molar-refractivity contribution is 5.84. The van der Waals surface area contributed by atoms with Gasteiger partial charge in [-0.2, -0.15) is 0 Å². The second-order valence-electron chi connectivity index (χ2n) is 5.82. The van der Waals surface area contributed by atoms with Gasteiger partial charge in [0, 0.05) is 50.3 Å². The lowest BCUT2D eigenvalue weighted by Gasteiger charge is -2.26. The van der Waals surface area contributed by atoms with Crippen LogP contribution in [0.2, 0.25) is 0 Å². The van der Waals surface area contributed by atoms with Crippen LogP contribution in [0.1, 0.15) is 25.5 Å². The molecule has 20 heavy (non-hydrogen) atoms. The van der Waals surface area contributed by atoms with Gasteiger partial charge in [-0.1, -0.05) is 6.07 Å². The maximum Gasteiger partial charge on any atom is 0.132 e. The molecule has 0 amide bonds. The van der Waals surface area contributed by atoms with Gasteiger partial charge >= 0.3 is 0 Å². The van der Waals surface area contributed by atoms with Gasteiger partial charge in [0.25, 0.3) is 0 Å². The fraction of sp³-hybridized carbons (Fsp3) is 0.500. The molecular formula is C16H22FN3. The summed E-state index contributed by atoms with van der Waals surface area (Å²) in [5.41, 5.74) is 2.11. The third-order valence-corrected chi connectivity index (χ3v) is 4.05. The summed E-state index contributed by atoms with van der Waals surface area (Å²) in [7, 11) is 0. The van der Waals surface area contributed by atoms with E-state index < -0.39 is 0 Å². The molecule has 0 radical (unpaired) electrons. The van der Waals surface area contributed by atoms with Crippen molar-refractivity contribution in [3.63, 3.8) is 0 Å². The van der Waals surface area contributed by atoms with Crippen LogP contribution in [0.5, 0.6) is 0 Å². The van der Waals surface area contributed by atoms with Crippen molar-refractivity contribution in [2.24, 2.45) is 0 Å². The second-order valence-corrected chi connectivity index (χ2v) is 5.82. The smallest absolute Gasteiger partial charge is 0.132 e. The molecule has 1 aliphatic rings. The van der Waals surface area contributed by atoms with E-state index >= 15 is 0 Å². The van der Waals surface area contributed by atoms with Crippen LogP contribution >= 0.6 is 0 Å². The first-order valence-electron chi connectivity index (χ1n) is 7.38. The molecule has 1 aliphatic heterocycles. The van der Waals surface area contributed by atoms with Crippen LogP contribution in [0, 0.1) is 5.82 Å². The number of nitrogens with zero attached hydrogens (tertiary/aromatic N) is 2. The van der Waals surface area contributed by atoms with E-state index in [0.29, 0.717) is 6.04 Å². The molecule has 4 heteroatoms. The standard InChI is InChI=1S/C16H22FN3/c1-12(2)20-11-13(10-19-8-6-18-7-9-19)16-14(17)4-3-5-15(16)20/h3-5,11-12,18H,6-10H2,1-2H3. The number of benzene rings is 1. The molecule has 1 N–H and O–H groups in total. The molecule has 108 valence electrons. The van der Waals surface area contributed by atoms with Gasteiger partial charge in [-0.05, 0) is 31.5 Å². The van der Waals surface area contributed by atoms with Gasteiger partial charge in [0.05, 0.1) is 5.52 Å². The molecule has 0 atom stereocenters. The number of nitrogens with one attached hydrogen (secondary N) is 1. The normalized spacial score (nSPS) is 17.2. The highest BCUT2D eigenvalue weighted by Gasteiger charge is 2.17. The van der Waals surface area contributed by atoms with Crippen molar-refractivity contribution in [2.75, 3.05) is 26.2 Å². The zero-order valence-corrected chi connectivity index (χ0v) is 12.2. The van der Waals surface area contributed by atoms with Gasteiger partial charge in [-0.25, -0.2) is 4.39 Å². The van der Waals surface area contributed by atoms with E-state index in [0.717, 1.165) is 49.2 Å². The van der Waals surface area contributed by atoms with Gasteiger partial charge in [-0.3, -0.25) is 4.90 Å². The molecule has 1 aromatic carbocycles. The molecule has 0 spiro atoms. The number of rotatable bonds is 3. The Morgan fingerprint density at radius 1 is 1.25 bits per heavy atom. The number of piperazine rings is 1. The minimum Gasteiger partial charge on any atom is -0.345 e. The van der Waals surface area contributed by atoms with Crippen molar-refractivity contribution in [1.29, 1.82) is 0 Å². The van der Waals surface area contributed by atoms with Crippen molar-refractivity contribution >= 4 is 10.9 Å². The molecular weight excluding hydrogens is 253 g/mol. The summed E-state index contributed by atoms with van der Waals surface area (Å²) in [5.74, 6) is -0.105. The van der Waals surface area contributed by atoms with E-state index in [2.05, 4.69) is 34.8 Å². The average Bonchev–Trinajstić information content (AvgIpc) is 2.80. The molecule has 0 saturated carbocycles. The highest BCUT2D eigenvalue weighted by atomic mass is 19.1. The SMILES string of the molecule is CC(C)n1cc(CN2CCNCC2)c2c(F)cccc21. The average molecular weight is 275 g/mol. The van der Waals surface area contributed by atoms with E-state index in [-0.39, 0.29) is 5.82 Å². The van der Waals surface area contributed by atoms with Gasteiger partial charge < -0.3 is 9.88 Å². The summed E-state index contributed by atoms with van der Waals surface area (Å²) in [6.07, 6.45) is 2.13. The van der Waals surface area contributed by atoms with Gasteiger partial charge in [0.2, 0.25) is 0 Å². The van der Waals surface area contributed by atoms with E-state index in [9.17, 15) is 4.39 Å². The van der Waals surface area contributed by atoms with E-state index in [1.165, 1.54) is 0 Å². The summed E-state index contributed by atoms with van der Waals surface area (Å²) >= 11 is 0. The molecule has 0 bridgehead atoms. The minimum absolute atomic E-state index is 0.105. The Hall–Kier alpha value is -1.39. The maximum atomic E-state index is 14.2. The molecule has 1 saturated heterocycles. The Bertz CT molecular complexity index is 597. The van der Waals surface area contributed by atoms with Crippen LogP contribution in [-0.2, 0) is 6.54 Å². The summed E-state index contributed by atoms with van der Waals surface area (Å²) in [6, 6.07) is 5.72. The van der Waals surface area contributed by atoms with Crippen molar-refractivity contribution in [3.05, 3.63) is 35.8 Å². The topological polar surface area (TPSA) is 20.2 Å². The summed E-state index contributed by atoms with van der Waals surface area (Å²) in [5, 5.41) is 4.14. The van der Waals surface area contributed by atoms with E-state index in [4.69, 9.17) is 0 Å². The van der Waals surface area contributed by atoms with Crippen molar-refractivity contribution in [2.45, 2.75) is 26.4 Å². The predicted molar refractivity (Wildman–Crippen MR) is 80.4 cm³/mol. The van der Waals surface area contributed by atoms with Crippen LogP contribution in [0.4, 0.5) is 4.39 Å². The number of hydrogen-bond donors (Lipinski definition) is 1. The first kappa shape index (κ1) is 13.6. The predicted octanol–water partition coefficient (Wildman–Crippen LogP) is 2.77. The maximum absolute atomic E-state index is 14.2. The van der Waals surface area contributed by atoms with Crippen molar-refractivity contribution in [1.82, 2.24) is 14.8 Å². The van der Waals surface area contributed by atoms with E-state index in [1.54, 1.807) is 12.1 Å². The Morgan fingerprint density at radius 3 is 2.70 bits per heavy atom. The Balaban J connectivity index is 2.01. The molecule has 1 aromatic heterocycles. The van der Waals surface area contributed by atoms with Gasteiger partial charge in [0.1, 0.15) is 5.82 Å². The molecule has 0 unspecified atom stereocenters. The Labute approximate surface area is 119 Å². The zero-order valence-electron chi connectivity index (χ0n) is 12.2. The third-order valence-electron chi connectivity index (χ3n) is 4.05. The quantitative estimate of drug-likeness (QED) is 0.929. The van der Waals surface area contributed by atoms with Crippen molar-refractivity contribution in [3.8, 4) is 0 Å². The lowest BCUT2D eigenvalue weighted by atomic mass is 10.1. The molecule has 3 nitrogen and oxygen atoms in total. The Morgan fingerprint density at radius 2 is 2.00 bits per heavy atom. The van der Waals surface area contributed by atoms with E-state index in [1.807, 2.05) is 6.07 Å². The highest BCUT2D eigenvalue weighted by Crippen LogP contribution is 2.28. The van der Waals surface area contributed by atoms with Crippen LogP contribution in [-0.4, -0.2) is 35.6 Å². The monoisotopic (exact) mass is 275 g/mol. The molecule has 0 aliphatic carbocycles. The van der Waals surface area contributed by atoms with Crippen LogP contribution < -0.4 is 5.32 Å². The number of fused-ring (bicyclic) bond motifs is 1. The van der Waals surface area contributed by atoms with Crippen LogP contribution in [0.3, 0.4) is 0 Å². The fourth-order valence-corrected chi connectivity index (χ4v) is 3.01. The molecule has 3 rings (SSSR count). The zero-order chi connectivity index (χ0) is 14.1. The van der Waals surface area contributed by atoms with Gasteiger partial charge in [-0.15, -0.1) is 0 Å². The lowest BCUT2D eigenvalue weighted by Crippen LogP contribution is -2.42. The lowest BCUT2D eigenvalue weighted by molar-refractivity contribution is 0.233. The summed E-state index contributed by atoms with van der Waals surface area (Å²) < 4.78 is 16.4. The van der Waals surface area contributed by atoms with Crippen LogP contribution in [0.25, 0.3) is 10.9 Å². The van der Waals surface area contributed by atoms with Gasteiger partial charge in [0.15, 0.2) is 0 Å². The minimum atomic E-state index is -0.105. The summed E-state index contributed by atoms with van der Waals surface area (Å²) in [4.78, 5) is 2.39. The first-order valence-corrected chi connectivity index (χ1v) is 7.38.